The molecule has 2 aliphatic rings. The monoisotopic (exact) mass is 324 g/mol. The zero-order chi connectivity index (χ0) is 16.4. The molecule has 0 N–H and O–H groups in total. The number of rotatable bonds is 3. The highest BCUT2D eigenvalue weighted by Crippen LogP contribution is 2.21. The highest BCUT2D eigenvalue weighted by Gasteiger charge is 2.21. The molecule has 2 fully saturated rings. The lowest BCUT2D eigenvalue weighted by Gasteiger charge is -2.36. The number of hydrogen-bond acceptors (Lipinski definition) is 6. The predicted molar refractivity (Wildman–Crippen MR) is 96.9 cm³/mol. The Hall–Kier alpha value is -2.37. The quantitative estimate of drug-likeness (QED) is 0.862. The molecular weight excluding hydrogens is 300 g/mol. The minimum absolute atomic E-state index is 0.767. The second-order valence-corrected chi connectivity index (χ2v) is 6.62. The molecule has 0 atom stereocenters. The normalized spacial score (nSPS) is 18.3. The fourth-order valence-corrected chi connectivity index (χ4v) is 3.51. The number of aromatic nitrogens is 3. The molecule has 3 heterocycles. The summed E-state index contributed by atoms with van der Waals surface area (Å²) in [6.07, 6.45) is 4.28. The fraction of sp³-hybridized carbons (Fsp3) is 0.500. The molecule has 0 spiro atoms. The van der Waals surface area contributed by atoms with Crippen molar-refractivity contribution in [1.82, 2.24) is 15.2 Å². The third-order valence-corrected chi connectivity index (χ3v) is 4.89. The van der Waals surface area contributed by atoms with E-state index in [9.17, 15) is 0 Å². The first-order valence-electron chi connectivity index (χ1n) is 8.81. The lowest BCUT2D eigenvalue weighted by atomic mass is 10.2. The maximum absolute atomic E-state index is 4.75. The SMILES string of the molecule is Cc1cccc(N2CCN(c3nncc(N4CCCC4)n3)CC2)c1. The summed E-state index contributed by atoms with van der Waals surface area (Å²) in [5.74, 6) is 1.74. The largest absolute Gasteiger partial charge is 0.368 e. The minimum atomic E-state index is 0.767. The highest BCUT2D eigenvalue weighted by atomic mass is 15.4. The van der Waals surface area contributed by atoms with Gasteiger partial charge in [-0.1, -0.05) is 12.1 Å². The van der Waals surface area contributed by atoms with E-state index in [0.29, 0.717) is 0 Å². The van der Waals surface area contributed by atoms with Gasteiger partial charge < -0.3 is 14.7 Å². The van der Waals surface area contributed by atoms with E-state index in [4.69, 9.17) is 4.98 Å². The molecule has 0 radical (unpaired) electrons. The predicted octanol–water partition coefficient (Wildman–Crippen LogP) is 2.11. The minimum Gasteiger partial charge on any atom is -0.368 e. The molecule has 6 nitrogen and oxygen atoms in total. The van der Waals surface area contributed by atoms with Crippen molar-refractivity contribution in [2.75, 3.05) is 54.0 Å². The van der Waals surface area contributed by atoms with Crippen LogP contribution in [0, 0.1) is 6.92 Å². The Labute approximate surface area is 143 Å². The highest BCUT2D eigenvalue weighted by molar-refractivity contribution is 5.50. The van der Waals surface area contributed by atoms with Crippen LogP contribution in [0.2, 0.25) is 0 Å². The van der Waals surface area contributed by atoms with E-state index in [-0.39, 0.29) is 0 Å². The van der Waals surface area contributed by atoms with Gasteiger partial charge in [0.05, 0.1) is 6.20 Å². The van der Waals surface area contributed by atoms with Gasteiger partial charge in [-0.2, -0.15) is 10.1 Å². The summed E-state index contributed by atoms with van der Waals surface area (Å²) in [5, 5.41) is 8.45. The van der Waals surface area contributed by atoms with E-state index in [2.05, 4.69) is 56.1 Å². The molecule has 4 rings (SSSR count). The van der Waals surface area contributed by atoms with E-state index in [1.54, 1.807) is 6.20 Å². The standard InChI is InChI=1S/C18H24N6/c1-15-5-4-6-16(13-15)22-9-11-24(12-10-22)18-20-17(14-19-21-18)23-7-2-3-8-23/h4-6,13-14H,2-3,7-12H2,1H3. The van der Waals surface area contributed by atoms with Crippen molar-refractivity contribution < 1.29 is 0 Å². The number of anilines is 3. The van der Waals surface area contributed by atoms with Gasteiger partial charge in [-0.15, -0.1) is 5.10 Å². The van der Waals surface area contributed by atoms with E-state index in [1.807, 2.05) is 0 Å². The van der Waals surface area contributed by atoms with Gasteiger partial charge in [-0.05, 0) is 37.5 Å². The van der Waals surface area contributed by atoms with Crippen molar-refractivity contribution in [3.8, 4) is 0 Å². The molecule has 2 aliphatic heterocycles. The van der Waals surface area contributed by atoms with Crippen LogP contribution >= 0.6 is 0 Å². The first-order valence-corrected chi connectivity index (χ1v) is 8.81. The summed E-state index contributed by atoms with van der Waals surface area (Å²) in [7, 11) is 0. The van der Waals surface area contributed by atoms with Gasteiger partial charge >= 0.3 is 0 Å². The van der Waals surface area contributed by atoms with Crippen molar-refractivity contribution in [1.29, 1.82) is 0 Å². The summed E-state index contributed by atoms with van der Waals surface area (Å²) >= 11 is 0. The van der Waals surface area contributed by atoms with Gasteiger partial charge in [0.25, 0.3) is 0 Å². The van der Waals surface area contributed by atoms with Crippen LogP contribution in [0.15, 0.2) is 30.5 Å². The smallest absolute Gasteiger partial charge is 0.247 e. The number of aryl methyl sites for hydroxylation is 1. The van der Waals surface area contributed by atoms with Crippen molar-refractivity contribution in [3.63, 3.8) is 0 Å². The zero-order valence-corrected chi connectivity index (χ0v) is 14.2. The Morgan fingerprint density at radius 2 is 1.62 bits per heavy atom. The second-order valence-electron chi connectivity index (χ2n) is 6.62. The van der Waals surface area contributed by atoms with E-state index < -0.39 is 0 Å². The van der Waals surface area contributed by atoms with Crippen LogP contribution in [0.3, 0.4) is 0 Å². The molecule has 0 aliphatic carbocycles. The third-order valence-electron chi connectivity index (χ3n) is 4.89. The van der Waals surface area contributed by atoms with Crippen molar-refractivity contribution in [3.05, 3.63) is 36.0 Å². The molecule has 0 saturated carbocycles. The molecule has 0 amide bonds. The van der Waals surface area contributed by atoms with Crippen molar-refractivity contribution >= 4 is 17.5 Å². The Bertz CT molecular complexity index is 689. The maximum atomic E-state index is 4.75. The summed E-state index contributed by atoms with van der Waals surface area (Å²) in [6, 6.07) is 8.71. The molecule has 126 valence electrons. The number of piperazine rings is 1. The molecule has 24 heavy (non-hydrogen) atoms. The second kappa shape index (κ2) is 6.63. The van der Waals surface area contributed by atoms with Crippen LogP contribution in [-0.2, 0) is 0 Å². The molecular formula is C18H24N6. The lowest BCUT2D eigenvalue weighted by Crippen LogP contribution is -2.47. The zero-order valence-electron chi connectivity index (χ0n) is 14.2. The van der Waals surface area contributed by atoms with Gasteiger partial charge in [0.15, 0.2) is 5.82 Å². The summed E-state index contributed by atoms with van der Waals surface area (Å²) in [4.78, 5) is 11.7. The van der Waals surface area contributed by atoms with E-state index >= 15 is 0 Å². The average Bonchev–Trinajstić information content (AvgIpc) is 3.17. The van der Waals surface area contributed by atoms with E-state index in [1.165, 1.54) is 24.1 Å². The molecule has 0 bridgehead atoms. The van der Waals surface area contributed by atoms with Crippen LogP contribution in [0.25, 0.3) is 0 Å². The van der Waals surface area contributed by atoms with Crippen LogP contribution in [-0.4, -0.2) is 54.4 Å². The Balaban J connectivity index is 1.43. The Kier molecular flexibility index (Phi) is 4.19. The van der Waals surface area contributed by atoms with Gasteiger partial charge in [0.1, 0.15) is 0 Å². The van der Waals surface area contributed by atoms with E-state index in [0.717, 1.165) is 51.0 Å². The van der Waals surface area contributed by atoms with Crippen LogP contribution in [0.5, 0.6) is 0 Å². The summed E-state index contributed by atoms with van der Waals surface area (Å²) in [5.41, 5.74) is 2.61. The van der Waals surface area contributed by atoms with Gasteiger partial charge in [-0.25, -0.2) is 0 Å². The summed E-state index contributed by atoms with van der Waals surface area (Å²) < 4.78 is 0. The molecule has 2 saturated heterocycles. The first kappa shape index (κ1) is 15.2. The fourth-order valence-electron chi connectivity index (χ4n) is 3.51. The third kappa shape index (κ3) is 3.13. The van der Waals surface area contributed by atoms with Crippen molar-refractivity contribution in [2.45, 2.75) is 19.8 Å². The molecule has 0 unspecified atom stereocenters. The molecule has 6 heteroatoms. The van der Waals surface area contributed by atoms with Gasteiger partial charge in [0.2, 0.25) is 5.95 Å². The maximum Gasteiger partial charge on any atom is 0.247 e. The number of nitrogens with zero attached hydrogens (tertiary/aromatic N) is 6. The van der Waals surface area contributed by atoms with Crippen LogP contribution in [0.4, 0.5) is 17.5 Å². The lowest BCUT2D eigenvalue weighted by molar-refractivity contribution is 0.634. The summed E-state index contributed by atoms with van der Waals surface area (Å²) in [6.45, 7) is 8.14. The topological polar surface area (TPSA) is 48.4 Å². The van der Waals surface area contributed by atoms with Gasteiger partial charge in [-0.3, -0.25) is 0 Å². The van der Waals surface area contributed by atoms with Gasteiger partial charge in [0, 0.05) is 45.0 Å². The van der Waals surface area contributed by atoms with Crippen LogP contribution in [0.1, 0.15) is 18.4 Å². The molecule has 1 aromatic carbocycles. The van der Waals surface area contributed by atoms with Crippen LogP contribution < -0.4 is 14.7 Å². The molecule has 1 aromatic heterocycles. The first-order chi connectivity index (χ1) is 11.8. The molecule has 2 aromatic rings. The number of benzene rings is 1. The Morgan fingerprint density at radius 3 is 2.38 bits per heavy atom. The number of hydrogen-bond donors (Lipinski definition) is 0. The average molecular weight is 324 g/mol. The Morgan fingerprint density at radius 1 is 0.875 bits per heavy atom. The van der Waals surface area contributed by atoms with Crippen molar-refractivity contribution in [2.24, 2.45) is 0 Å².